The molecule has 0 spiro atoms. The van der Waals surface area contributed by atoms with Crippen LogP contribution in [0.25, 0.3) is 20.1 Å². The topological polar surface area (TPSA) is 45.2 Å². The number of rotatable bonds is 2. The minimum atomic E-state index is 0.135. The van der Waals surface area contributed by atoms with Crippen LogP contribution in [0.2, 0.25) is 0 Å². The average molecular weight is 343 g/mol. The van der Waals surface area contributed by atoms with Gasteiger partial charge in [-0.15, -0.1) is 22.7 Å². The molecule has 1 fully saturated rings. The number of benzene rings is 1. The van der Waals surface area contributed by atoms with Crippen molar-refractivity contribution in [1.82, 2.24) is 15.2 Å². The molecule has 0 saturated carbocycles. The number of aromatic nitrogens is 1. The number of hydrogen-bond donors (Lipinski definition) is 1. The molecule has 0 bridgehead atoms. The Balaban J connectivity index is 1.59. The summed E-state index contributed by atoms with van der Waals surface area (Å²) in [6.07, 6.45) is 0. The summed E-state index contributed by atoms with van der Waals surface area (Å²) >= 11 is 3.22. The second-order valence-electron chi connectivity index (χ2n) is 5.76. The lowest BCUT2D eigenvalue weighted by atomic mass is 10.2. The van der Waals surface area contributed by atoms with Crippen LogP contribution in [-0.2, 0) is 0 Å². The molecule has 1 aliphatic heterocycles. The van der Waals surface area contributed by atoms with Crippen LogP contribution in [0.4, 0.5) is 0 Å². The molecule has 0 radical (unpaired) electrons. The molecule has 4 nitrogen and oxygen atoms in total. The van der Waals surface area contributed by atoms with Crippen LogP contribution >= 0.6 is 22.7 Å². The first-order chi connectivity index (χ1) is 11.2. The second kappa shape index (κ2) is 6.03. The van der Waals surface area contributed by atoms with Gasteiger partial charge in [0.15, 0.2) is 0 Å². The maximum absolute atomic E-state index is 12.7. The normalized spacial score (nSPS) is 18.5. The Morgan fingerprint density at radius 3 is 2.96 bits per heavy atom. The van der Waals surface area contributed by atoms with Crippen molar-refractivity contribution >= 4 is 38.8 Å². The Bertz CT molecular complexity index is 821. The first-order valence-electron chi connectivity index (χ1n) is 7.69. The molecule has 1 unspecified atom stereocenters. The number of amides is 1. The van der Waals surface area contributed by atoms with Crippen LogP contribution < -0.4 is 5.32 Å². The third kappa shape index (κ3) is 2.89. The standard InChI is InChI=1S/C17H17N3OS2/c1-11-10-20(9-8-18-11)17(21)15-7-6-14(22-15)16-19-12-4-2-3-5-13(12)23-16/h2-7,11,18H,8-10H2,1H3. The molecule has 118 valence electrons. The van der Waals surface area contributed by atoms with Crippen molar-refractivity contribution in [3.8, 4) is 9.88 Å². The average Bonchev–Trinajstić information content (AvgIpc) is 3.20. The summed E-state index contributed by atoms with van der Waals surface area (Å²) in [5.41, 5.74) is 1.02. The Kier molecular flexibility index (Phi) is 3.88. The van der Waals surface area contributed by atoms with Crippen LogP contribution in [0.5, 0.6) is 0 Å². The molecule has 1 aliphatic rings. The predicted molar refractivity (Wildman–Crippen MR) is 96.3 cm³/mol. The number of hydrogen-bond acceptors (Lipinski definition) is 5. The lowest BCUT2D eigenvalue weighted by Gasteiger charge is -2.31. The zero-order valence-electron chi connectivity index (χ0n) is 12.8. The molecule has 3 heterocycles. The number of thiophene rings is 1. The monoisotopic (exact) mass is 343 g/mol. The number of nitrogens with zero attached hydrogens (tertiary/aromatic N) is 2. The Morgan fingerprint density at radius 1 is 1.26 bits per heavy atom. The van der Waals surface area contributed by atoms with Gasteiger partial charge in [0.1, 0.15) is 5.01 Å². The fourth-order valence-electron chi connectivity index (χ4n) is 2.82. The van der Waals surface area contributed by atoms with Gasteiger partial charge in [-0.05, 0) is 31.2 Å². The van der Waals surface area contributed by atoms with Crippen LogP contribution in [0.3, 0.4) is 0 Å². The highest BCUT2D eigenvalue weighted by Gasteiger charge is 2.23. The molecular weight excluding hydrogens is 326 g/mol. The van der Waals surface area contributed by atoms with Crippen LogP contribution in [0.1, 0.15) is 16.6 Å². The van der Waals surface area contributed by atoms with Crippen molar-refractivity contribution in [2.75, 3.05) is 19.6 Å². The lowest BCUT2D eigenvalue weighted by Crippen LogP contribution is -2.51. The summed E-state index contributed by atoms with van der Waals surface area (Å²) in [5, 5.41) is 4.36. The molecule has 1 amide bonds. The Morgan fingerprint density at radius 2 is 2.13 bits per heavy atom. The number of nitrogens with one attached hydrogen (secondary N) is 1. The van der Waals surface area contributed by atoms with Gasteiger partial charge in [-0.25, -0.2) is 4.98 Å². The number of para-hydroxylation sites is 1. The molecule has 6 heteroatoms. The Hall–Kier alpha value is -1.76. The summed E-state index contributed by atoms with van der Waals surface area (Å²) in [6, 6.07) is 12.4. The SMILES string of the molecule is CC1CN(C(=O)c2ccc(-c3nc4ccccc4s3)s2)CCN1. The molecule has 1 atom stereocenters. The summed E-state index contributed by atoms with van der Waals surface area (Å²) < 4.78 is 1.18. The second-order valence-corrected chi connectivity index (χ2v) is 7.87. The molecule has 4 rings (SSSR count). The fraction of sp³-hybridized carbons (Fsp3) is 0.294. The molecule has 3 aromatic rings. The first-order valence-corrected chi connectivity index (χ1v) is 9.32. The van der Waals surface area contributed by atoms with Gasteiger partial charge in [0, 0.05) is 25.7 Å². The predicted octanol–water partition coefficient (Wildman–Crippen LogP) is 3.46. The van der Waals surface area contributed by atoms with Crippen LogP contribution in [0.15, 0.2) is 36.4 Å². The van der Waals surface area contributed by atoms with Gasteiger partial charge >= 0.3 is 0 Å². The van der Waals surface area contributed by atoms with E-state index in [9.17, 15) is 4.79 Å². The molecule has 2 aromatic heterocycles. The van der Waals surface area contributed by atoms with Crippen molar-refractivity contribution < 1.29 is 4.79 Å². The highest BCUT2D eigenvalue weighted by molar-refractivity contribution is 7.26. The molecule has 0 aliphatic carbocycles. The van der Waals surface area contributed by atoms with Crippen molar-refractivity contribution in [3.63, 3.8) is 0 Å². The van der Waals surface area contributed by atoms with Gasteiger partial charge in [-0.3, -0.25) is 4.79 Å². The van der Waals surface area contributed by atoms with E-state index in [4.69, 9.17) is 0 Å². The summed E-state index contributed by atoms with van der Waals surface area (Å²) in [7, 11) is 0. The number of thiazole rings is 1. The number of fused-ring (bicyclic) bond motifs is 1. The molecule has 1 aromatic carbocycles. The van der Waals surface area contributed by atoms with Gasteiger partial charge < -0.3 is 10.2 Å². The van der Waals surface area contributed by atoms with Crippen LogP contribution in [0, 0.1) is 0 Å². The Labute approximate surface area is 142 Å². The van der Waals surface area contributed by atoms with E-state index in [1.807, 2.05) is 35.2 Å². The smallest absolute Gasteiger partial charge is 0.264 e. The number of carbonyl (C=O) groups is 1. The third-order valence-corrected chi connectivity index (χ3v) is 6.26. The van der Waals surface area contributed by atoms with Gasteiger partial charge in [-0.1, -0.05) is 12.1 Å². The summed E-state index contributed by atoms with van der Waals surface area (Å²) in [4.78, 5) is 21.1. The first kappa shape index (κ1) is 14.8. The molecular formula is C17H17N3OS2. The van der Waals surface area contributed by atoms with E-state index in [1.54, 1.807) is 22.7 Å². The lowest BCUT2D eigenvalue weighted by molar-refractivity contribution is 0.0714. The highest BCUT2D eigenvalue weighted by Crippen LogP contribution is 2.34. The van der Waals surface area contributed by atoms with Crippen molar-refractivity contribution in [1.29, 1.82) is 0 Å². The van der Waals surface area contributed by atoms with Crippen molar-refractivity contribution in [3.05, 3.63) is 41.3 Å². The van der Waals surface area contributed by atoms with Crippen LogP contribution in [-0.4, -0.2) is 41.5 Å². The van der Waals surface area contributed by atoms with E-state index < -0.39 is 0 Å². The molecule has 23 heavy (non-hydrogen) atoms. The minimum absolute atomic E-state index is 0.135. The molecule has 1 N–H and O–H groups in total. The van der Waals surface area contributed by atoms with E-state index in [0.717, 1.165) is 39.9 Å². The zero-order chi connectivity index (χ0) is 15.8. The van der Waals surface area contributed by atoms with Gasteiger partial charge in [-0.2, -0.15) is 0 Å². The quantitative estimate of drug-likeness (QED) is 0.775. The largest absolute Gasteiger partial charge is 0.335 e. The van der Waals surface area contributed by atoms with Crippen molar-refractivity contribution in [2.45, 2.75) is 13.0 Å². The maximum Gasteiger partial charge on any atom is 0.264 e. The highest BCUT2D eigenvalue weighted by atomic mass is 32.1. The minimum Gasteiger partial charge on any atom is -0.335 e. The van der Waals surface area contributed by atoms with Gasteiger partial charge in [0.2, 0.25) is 0 Å². The van der Waals surface area contributed by atoms with E-state index in [2.05, 4.69) is 23.3 Å². The van der Waals surface area contributed by atoms with E-state index in [1.165, 1.54) is 4.70 Å². The molecule has 1 saturated heterocycles. The zero-order valence-corrected chi connectivity index (χ0v) is 14.4. The van der Waals surface area contributed by atoms with Gasteiger partial charge in [0.25, 0.3) is 5.91 Å². The maximum atomic E-state index is 12.7. The van der Waals surface area contributed by atoms with E-state index in [0.29, 0.717) is 6.04 Å². The number of carbonyl (C=O) groups excluding carboxylic acids is 1. The van der Waals surface area contributed by atoms with E-state index in [-0.39, 0.29) is 5.91 Å². The van der Waals surface area contributed by atoms with E-state index >= 15 is 0 Å². The fourth-order valence-corrected chi connectivity index (χ4v) is 4.81. The number of piperazine rings is 1. The van der Waals surface area contributed by atoms with Gasteiger partial charge in [0.05, 0.1) is 20.0 Å². The van der Waals surface area contributed by atoms with Crippen molar-refractivity contribution in [2.24, 2.45) is 0 Å². The third-order valence-electron chi connectivity index (χ3n) is 3.98. The summed E-state index contributed by atoms with van der Waals surface area (Å²) in [5.74, 6) is 0.135. The summed E-state index contributed by atoms with van der Waals surface area (Å²) in [6.45, 7) is 4.52.